The number of halogens is 1. The van der Waals surface area contributed by atoms with E-state index in [9.17, 15) is 4.79 Å². The van der Waals surface area contributed by atoms with Crippen molar-refractivity contribution in [1.82, 2.24) is 5.32 Å². The van der Waals surface area contributed by atoms with E-state index in [4.69, 9.17) is 5.73 Å². The molecule has 0 fully saturated rings. The normalized spacial score (nSPS) is 9.33. The first kappa shape index (κ1) is 13.9. The minimum absolute atomic E-state index is 0. The molecule has 0 aliphatic heterocycles. The van der Waals surface area contributed by atoms with Crippen molar-refractivity contribution >= 4 is 18.3 Å². The van der Waals surface area contributed by atoms with Crippen LogP contribution in [-0.2, 0) is 11.2 Å². The van der Waals surface area contributed by atoms with Gasteiger partial charge < -0.3 is 11.1 Å². The van der Waals surface area contributed by atoms with Crippen LogP contribution in [0.2, 0.25) is 0 Å². The zero-order valence-corrected chi connectivity index (χ0v) is 9.43. The predicted octanol–water partition coefficient (Wildman–Crippen LogP) is 1.12. The van der Waals surface area contributed by atoms with Crippen molar-refractivity contribution < 1.29 is 4.79 Å². The second-order valence-corrected chi connectivity index (χ2v) is 3.20. The fourth-order valence-corrected chi connectivity index (χ4v) is 1.21. The van der Waals surface area contributed by atoms with Gasteiger partial charge >= 0.3 is 0 Å². The summed E-state index contributed by atoms with van der Waals surface area (Å²) in [6.07, 6.45) is 1.40. The average molecular weight is 229 g/mol. The number of carbonyl (C=O) groups excluding carboxylic acids is 1. The van der Waals surface area contributed by atoms with Crippen LogP contribution in [0.25, 0.3) is 0 Å². The van der Waals surface area contributed by atoms with E-state index in [1.165, 1.54) is 5.56 Å². The Morgan fingerprint density at radius 3 is 2.47 bits per heavy atom. The molecule has 0 heterocycles. The summed E-state index contributed by atoms with van der Waals surface area (Å²) in [5, 5.41) is 3.16. The summed E-state index contributed by atoms with van der Waals surface area (Å²) in [7, 11) is 0. The van der Waals surface area contributed by atoms with Gasteiger partial charge in [-0.25, -0.2) is 0 Å². The minimum Gasteiger partial charge on any atom is -0.370 e. The van der Waals surface area contributed by atoms with Gasteiger partial charge in [0.2, 0.25) is 5.91 Å². The maximum atomic E-state index is 10.4. The first-order chi connectivity index (χ1) is 6.79. The van der Waals surface area contributed by atoms with Gasteiger partial charge in [-0.2, -0.15) is 0 Å². The Labute approximate surface area is 96.5 Å². The molecule has 4 heteroatoms. The lowest BCUT2D eigenvalue weighted by molar-refractivity contribution is -0.117. The van der Waals surface area contributed by atoms with Gasteiger partial charge in [-0.1, -0.05) is 30.3 Å². The number of rotatable bonds is 6. The van der Waals surface area contributed by atoms with Gasteiger partial charge in [0.1, 0.15) is 0 Å². The van der Waals surface area contributed by atoms with E-state index >= 15 is 0 Å². The molecule has 0 aliphatic rings. The van der Waals surface area contributed by atoms with Crippen LogP contribution in [0.3, 0.4) is 0 Å². The molecule has 1 amide bonds. The van der Waals surface area contributed by atoms with Crippen LogP contribution >= 0.6 is 12.4 Å². The number of benzene rings is 1. The molecule has 0 saturated carbocycles. The number of hydrogen-bond acceptors (Lipinski definition) is 2. The van der Waals surface area contributed by atoms with Gasteiger partial charge in [0.25, 0.3) is 0 Å². The number of nitrogens with two attached hydrogens (primary N) is 1. The molecule has 0 saturated heterocycles. The van der Waals surface area contributed by atoms with E-state index in [1.807, 2.05) is 18.2 Å². The molecule has 1 aromatic rings. The number of carbonyl (C=O) groups is 1. The molecular formula is C11H17ClN2O. The molecule has 0 spiro atoms. The van der Waals surface area contributed by atoms with Gasteiger partial charge in [0, 0.05) is 13.0 Å². The fraction of sp³-hybridized carbons (Fsp3) is 0.364. The van der Waals surface area contributed by atoms with Crippen molar-refractivity contribution in [3.05, 3.63) is 35.9 Å². The van der Waals surface area contributed by atoms with Crippen molar-refractivity contribution in [2.45, 2.75) is 12.8 Å². The molecule has 1 aromatic carbocycles. The minimum atomic E-state index is -0.253. The fourth-order valence-electron chi connectivity index (χ4n) is 1.21. The molecule has 3 N–H and O–H groups in total. The van der Waals surface area contributed by atoms with Crippen LogP contribution in [0.4, 0.5) is 0 Å². The second-order valence-electron chi connectivity index (χ2n) is 3.20. The maximum absolute atomic E-state index is 10.4. The molecule has 0 bridgehead atoms. The Morgan fingerprint density at radius 1 is 1.20 bits per heavy atom. The van der Waals surface area contributed by atoms with Crippen LogP contribution < -0.4 is 11.1 Å². The van der Waals surface area contributed by atoms with E-state index in [-0.39, 0.29) is 18.3 Å². The third-order valence-electron chi connectivity index (χ3n) is 1.98. The quantitative estimate of drug-likeness (QED) is 0.717. The van der Waals surface area contributed by atoms with Crippen LogP contribution in [-0.4, -0.2) is 19.0 Å². The Morgan fingerprint density at radius 2 is 1.87 bits per heavy atom. The molecular weight excluding hydrogens is 212 g/mol. The maximum Gasteiger partial charge on any atom is 0.218 e. The second kappa shape index (κ2) is 8.26. The lowest BCUT2D eigenvalue weighted by Gasteiger charge is -2.02. The van der Waals surface area contributed by atoms with Crippen LogP contribution in [0.15, 0.2) is 30.3 Å². The first-order valence-electron chi connectivity index (χ1n) is 4.82. The van der Waals surface area contributed by atoms with Gasteiger partial charge in [-0.3, -0.25) is 4.79 Å². The van der Waals surface area contributed by atoms with Gasteiger partial charge in [0.05, 0.1) is 0 Å². The largest absolute Gasteiger partial charge is 0.370 e. The molecule has 0 aliphatic carbocycles. The average Bonchev–Trinajstić information content (AvgIpc) is 2.18. The summed E-state index contributed by atoms with van der Waals surface area (Å²) in [5.41, 5.74) is 6.31. The van der Waals surface area contributed by atoms with Crippen molar-refractivity contribution in [2.24, 2.45) is 5.73 Å². The molecule has 3 nitrogen and oxygen atoms in total. The number of hydrogen-bond donors (Lipinski definition) is 2. The number of primary amides is 1. The standard InChI is InChI=1S/C11H16N2O.ClH/c12-11(14)7-9-13-8-6-10-4-2-1-3-5-10;/h1-5,13H,6-9H2,(H2,12,14);1H. The summed E-state index contributed by atoms with van der Waals surface area (Å²) in [4.78, 5) is 10.4. The third kappa shape index (κ3) is 6.94. The van der Waals surface area contributed by atoms with Crippen molar-refractivity contribution in [3.63, 3.8) is 0 Å². The lowest BCUT2D eigenvalue weighted by atomic mass is 10.1. The number of nitrogens with one attached hydrogen (secondary N) is 1. The van der Waals surface area contributed by atoms with Gasteiger partial charge in [0.15, 0.2) is 0 Å². The molecule has 0 unspecified atom stereocenters. The highest BCUT2D eigenvalue weighted by Crippen LogP contribution is 1.97. The molecule has 84 valence electrons. The van der Waals surface area contributed by atoms with Gasteiger partial charge in [-0.05, 0) is 18.5 Å². The third-order valence-corrected chi connectivity index (χ3v) is 1.98. The molecule has 0 radical (unpaired) electrons. The van der Waals surface area contributed by atoms with Crippen LogP contribution in [0.5, 0.6) is 0 Å². The van der Waals surface area contributed by atoms with Crippen molar-refractivity contribution in [2.75, 3.05) is 13.1 Å². The topological polar surface area (TPSA) is 55.1 Å². The lowest BCUT2D eigenvalue weighted by Crippen LogP contribution is -2.23. The first-order valence-corrected chi connectivity index (χ1v) is 4.82. The Bertz CT molecular complexity index is 277. The van der Waals surface area contributed by atoms with E-state index in [1.54, 1.807) is 0 Å². The Kier molecular flexibility index (Phi) is 7.68. The smallest absolute Gasteiger partial charge is 0.218 e. The highest BCUT2D eigenvalue weighted by atomic mass is 35.5. The molecule has 15 heavy (non-hydrogen) atoms. The molecule has 1 rings (SSSR count). The SMILES string of the molecule is Cl.NC(=O)CCNCCc1ccccc1. The molecule has 0 atom stereocenters. The highest BCUT2D eigenvalue weighted by molar-refractivity contribution is 5.85. The highest BCUT2D eigenvalue weighted by Gasteiger charge is 1.94. The summed E-state index contributed by atoms with van der Waals surface area (Å²) in [5.74, 6) is -0.253. The van der Waals surface area contributed by atoms with E-state index in [0.29, 0.717) is 13.0 Å². The summed E-state index contributed by atoms with van der Waals surface area (Å²) in [6.45, 7) is 1.56. The summed E-state index contributed by atoms with van der Waals surface area (Å²) >= 11 is 0. The zero-order chi connectivity index (χ0) is 10.2. The summed E-state index contributed by atoms with van der Waals surface area (Å²) < 4.78 is 0. The predicted molar refractivity (Wildman–Crippen MR) is 64.1 cm³/mol. The van der Waals surface area contributed by atoms with Crippen LogP contribution in [0, 0.1) is 0 Å². The number of amides is 1. The van der Waals surface area contributed by atoms with Crippen molar-refractivity contribution in [3.8, 4) is 0 Å². The van der Waals surface area contributed by atoms with E-state index in [2.05, 4.69) is 17.4 Å². The monoisotopic (exact) mass is 228 g/mol. The van der Waals surface area contributed by atoms with Crippen LogP contribution in [0.1, 0.15) is 12.0 Å². The zero-order valence-electron chi connectivity index (χ0n) is 8.61. The Hall–Kier alpha value is -1.06. The Balaban J connectivity index is 0.00000196. The molecule has 0 aromatic heterocycles. The van der Waals surface area contributed by atoms with Crippen molar-refractivity contribution in [1.29, 1.82) is 0 Å². The van der Waals surface area contributed by atoms with E-state index in [0.717, 1.165) is 13.0 Å². The van der Waals surface area contributed by atoms with Gasteiger partial charge in [-0.15, -0.1) is 12.4 Å². The van der Waals surface area contributed by atoms with E-state index < -0.39 is 0 Å². The summed E-state index contributed by atoms with van der Waals surface area (Å²) in [6, 6.07) is 10.2.